The lowest BCUT2D eigenvalue weighted by molar-refractivity contribution is 0.253. The largest absolute Gasteiger partial charge is 0.492 e. The fourth-order valence-electron chi connectivity index (χ4n) is 2.67. The van der Waals surface area contributed by atoms with Crippen LogP contribution in [0.25, 0.3) is 0 Å². The molecule has 1 unspecified atom stereocenters. The third kappa shape index (κ3) is 3.52. The Kier molecular flexibility index (Phi) is 4.69. The maximum absolute atomic E-state index is 6.21. The molecule has 4 heteroatoms. The molecule has 1 N–H and O–H groups in total. The molecule has 2 aromatic rings. The van der Waals surface area contributed by atoms with Gasteiger partial charge in [-0.2, -0.15) is 0 Å². The van der Waals surface area contributed by atoms with Crippen molar-refractivity contribution in [3.05, 3.63) is 63.6 Å². The molecule has 0 radical (unpaired) electrons. The van der Waals surface area contributed by atoms with Gasteiger partial charge in [0, 0.05) is 23.0 Å². The molecule has 110 valence electrons. The van der Waals surface area contributed by atoms with Crippen LogP contribution in [0, 0.1) is 0 Å². The highest BCUT2D eigenvalue weighted by Crippen LogP contribution is 2.39. The summed E-state index contributed by atoms with van der Waals surface area (Å²) in [5, 5.41) is 4.83. The molecule has 1 heterocycles. The van der Waals surface area contributed by atoms with E-state index in [1.807, 2.05) is 12.1 Å². The van der Waals surface area contributed by atoms with Crippen LogP contribution >= 0.6 is 23.2 Å². The lowest BCUT2D eigenvalue weighted by atomic mass is 10.00. The summed E-state index contributed by atoms with van der Waals surface area (Å²) < 4.78 is 5.67. The molecule has 0 bridgehead atoms. The Morgan fingerprint density at radius 3 is 2.76 bits per heavy atom. The fourth-order valence-corrected chi connectivity index (χ4v) is 3.24. The van der Waals surface area contributed by atoms with Crippen LogP contribution in [-0.2, 0) is 6.42 Å². The van der Waals surface area contributed by atoms with E-state index in [-0.39, 0.29) is 6.04 Å². The summed E-state index contributed by atoms with van der Waals surface area (Å²) in [7, 11) is 0. The normalized spacial score (nSPS) is 17.1. The maximum atomic E-state index is 6.21. The summed E-state index contributed by atoms with van der Waals surface area (Å²) in [4.78, 5) is 0. The minimum Gasteiger partial charge on any atom is -0.492 e. The Hall–Kier alpha value is -1.22. The number of fused-ring (bicyclic) bond motifs is 1. The molecule has 2 aromatic carbocycles. The van der Waals surface area contributed by atoms with E-state index in [1.54, 1.807) is 6.07 Å². The van der Waals surface area contributed by atoms with Crippen LogP contribution < -0.4 is 10.1 Å². The smallest absolute Gasteiger partial charge is 0.142 e. The van der Waals surface area contributed by atoms with Gasteiger partial charge in [0.1, 0.15) is 5.75 Å². The van der Waals surface area contributed by atoms with Gasteiger partial charge >= 0.3 is 0 Å². The number of hydrogen-bond donors (Lipinski definition) is 1. The predicted molar refractivity (Wildman–Crippen MR) is 87.5 cm³/mol. The van der Waals surface area contributed by atoms with Crippen molar-refractivity contribution in [3.63, 3.8) is 0 Å². The summed E-state index contributed by atoms with van der Waals surface area (Å²) in [5.41, 5.74) is 2.40. The molecular weight excluding hydrogens is 305 g/mol. The average molecular weight is 322 g/mol. The minimum atomic E-state index is 0.244. The van der Waals surface area contributed by atoms with Crippen LogP contribution in [0.1, 0.15) is 23.6 Å². The number of ether oxygens (including phenoxy) is 1. The molecule has 1 aliphatic heterocycles. The number of rotatable bonds is 4. The van der Waals surface area contributed by atoms with Crippen LogP contribution in [0.2, 0.25) is 10.0 Å². The molecule has 1 atom stereocenters. The highest BCUT2D eigenvalue weighted by atomic mass is 35.5. The van der Waals surface area contributed by atoms with Gasteiger partial charge in [0.25, 0.3) is 0 Å². The Labute approximate surface area is 135 Å². The molecule has 0 aromatic heterocycles. The lowest BCUT2D eigenvalue weighted by Crippen LogP contribution is -2.28. The minimum absolute atomic E-state index is 0.244. The standard InChI is InChI=1S/C17H17Cl2NO/c18-13-10-14-16(7-9-21-17(14)15(19)11-13)20-8-6-12-4-2-1-3-5-12/h1-5,10-11,16,20H,6-9H2. The topological polar surface area (TPSA) is 21.3 Å². The van der Waals surface area contributed by atoms with Gasteiger partial charge in [0.2, 0.25) is 0 Å². The molecule has 0 fully saturated rings. The number of halogens is 2. The summed E-state index contributed by atoms with van der Waals surface area (Å²) in [6.07, 6.45) is 1.93. The lowest BCUT2D eigenvalue weighted by Gasteiger charge is -2.27. The van der Waals surface area contributed by atoms with Crippen LogP contribution in [0.15, 0.2) is 42.5 Å². The molecule has 3 rings (SSSR count). The fraction of sp³-hybridized carbons (Fsp3) is 0.294. The van der Waals surface area contributed by atoms with Crippen molar-refractivity contribution < 1.29 is 4.74 Å². The van der Waals surface area contributed by atoms with Crippen molar-refractivity contribution in [2.75, 3.05) is 13.2 Å². The Balaban J connectivity index is 1.68. The van der Waals surface area contributed by atoms with Crippen molar-refractivity contribution in [2.24, 2.45) is 0 Å². The van der Waals surface area contributed by atoms with Gasteiger partial charge in [-0.15, -0.1) is 0 Å². The third-order valence-corrected chi connectivity index (χ3v) is 4.21. The second kappa shape index (κ2) is 6.69. The van der Waals surface area contributed by atoms with E-state index in [0.717, 1.165) is 30.7 Å². The Morgan fingerprint density at radius 1 is 1.14 bits per heavy atom. The highest BCUT2D eigenvalue weighted by molar-refractivity contribution is 6.35. The zero-order valence-electron chi connectivity index (χ0n) is 11.6. The first kappa shape index (κ1) is 14.7. The van der Waals surface area contributed by atoms with Gasteiger partial charge in [0.15, 0.2) is 0 Å². The zero-order valence-corrected chi connectivity index (χ0v) is 13.1. The maximum Gasteiger partial charge on any atom is 0.142 e. The van der Waals surface area contributed by atoms with E-state index in [4.69, 9.17) is 27.9 Å². The SMILES string of the molecule is Clc1cc(Cl)c2c(c1)C(NCCc1ccccc1)CCO2. The first-order chi connectivity index (χ1) is 10.2. The van der Waals surface area contributed by atoms with Gasteiger partial charge in [-0.1, -0.05) is 53.5 Å². The molecular formula is C17H17Cl2NO. The molecule has 0 aliphatic carbocycles. The van der Waals surface area contributed by atoms with E-state index in [9.17, 15) is 0 Å². The summed E-state index contributed by atoms with van der Waals surface area (Å²) in [5.74, 6) is 0.768. The van der Waals surface area contributed by atoms with Crippen molar-refractivity contribution in [1.29, 1.82) is 0 Å². The van der Waals surface area contributed by atoms with Crippen LogP contribution in [0.5, 0.6) is 5.75 Å². The molecule has 1 aliphatic rings. The first-order valence-corrected chi connectivity index (χ1v) is 7.88. The third-order valence-electron chi connectivity index (χ3n) is 3.71. The molecule has 0 saturated carbocycles. The monoisotopic (exact) mass is 321 g/mol. The van der Waals surface area contributed by atoms with E-state index in [0.29, 0.717) is 16.7 Å². The second-order valence-electron chi connectivity index (χ2n) is 5.19. The molecule has 0 saturated heterocycles. The number of nitrogens with one attached hydrogen (secondary N) is 1. The summed E-state index contributed by atoms with van der Waals surface area (Å²) in [6, 6.07) is 14.4. The van der Waals surface area contributed by atoms with E-state index in [2.05, 4.69) is 29.6 Å². The second-order valence-corrected chi connectivity index (χ2v) is 6.03. The van der Waals surface area contributed by atoms with E-state index < -0.39 is 0 Å². The van der Waals surface area contributed by atoms with Crippen molar-refractivity contribution >= 4 is 23.2 Å². The van der Waals surface area contributed by atoms with Crippen LogP contribution in [-0.4, -0.2) is 13.2 Å². The Morgan fingerprint density at radius 2 is 1.95 bits per heavy atom. The molecule has 0 amide bonds. The molecule has 21 heavy (non-hydrogen) atoms. The first-order valence-electron chi connectivity index (χ1n) is 7.13. The van der Waals surface area contributed by atoms with Gasteiger partial charge in [0.05, 0.1) is 11.6 Å². The predicted octanol–water partition coefficient (Wildman–Crippen LogP) is 4.65. The zero-order chi connectivity index (χ0) is 14.7. The van der Waals surface area contributed by atoms with Crippen molar-refractivity contribution in [3.8, 4) is 5.75 Å². The quantitative estimate of drug-likeness (QED) is 0.885. The number of hydrogen-bond acceptors (Lipinski definition) is 2. The Bertz CT molecular complexity index is 616. The van der Waals surface area contributed by atoms with Crippen LogP contribution in [0.4, 0.5) is 0 Å². The van der Waals surface area contributed by atoms with Crippen molar-refractivity contribution in [1.82, 2.24) is 5.32 Å². The molecule has 0 spiro atoms. The highest BCUT2D eigenvalue weighted by Gasteiger charge is 2.23. The van der Waals surface area contributed by atoms with Gasteiger partial charge < -0.3 is 10.1 Å². The van der Waals surface area contributed by atoms with Crippen molar-refractivity contribution in [2.45, 2.75) is 18.9 Å². The van der Waals surface area contributed by atoms with Gasteiger partial charge in [-0.05, 0) is 30.7 Å². The summed E-state index contributed by atoms with van der Waals surface area (Å²) in [6.45, 7) is 1.59. The average Bonchev–Trinajstić information content (AvgIpc) is 2.49. The number of benzene rings is 2. The summed E-state index contributed by atoms with van der Waals surface area (Å²) >= 11 is 12.3. The van der Waals surface area contributed by atoms with E-state index >= 15 is 0 Å². The van der Waals surface area contributed by atoms with E-state index in [1.165, 1.54) is 5.56 Å². The van der Waals surface area contributed by atoms with Crippen LogP contribution in [0.3, 0.4) is 0 Å². The van der Waals surface area contributed by atoms with Gasteiger partial charge in [-0.25, -0.2) is 0 Å². The molecule has 2 nitrogen and oxygen atoms in total. The van der Waals surface area contributed by atoms with Gasteiger partial charge in [-0.3, -0.25) is 0 Å².